The predicted octanol–water partition coefficient (Wildman–Crippen LogP) is 1.79. The fourth-order valence-electron chi connectivity index (χ4n) is 4.65. The molecule has 5 nitrogen and oxygen atoms in total. The van der Waals surface area contributed by atoms with Crippen molar-refractivity contribution in [2.45, 2.75) is 50.8 Å². The number of aliphatic imine (C=N–C) groups is 1. The van der Waals surface area contributed by atoms with E-state index in [-0.39, 0.29) is 11.0 Å². The van der Waals surface area contributed by atoms with Crippen molar-refractivity contribution >= 4 is 17.7 Å². The zero-order valence-corrected chi connectivity index (χ0v) is 16.7. The highest BCUT2D eigenvalue weighted by molar-refractivity contribution is 7.99. The predicted molar refractivity (Wildman–Crippen MR) is 103 cm³/mol. The van der Waals surface area contributed by atoms with E-state index >= 15 is 0 Å². The van der Waals surface area contributed by atoms with Crippen molar-refractivity contribution < 1.29 is 4.74 Å². The Morgan fingerprint density at radius 2 is 2.17 bits per heavy atom. The summed E-state index contributed by atoms with van der Waals surface area (Å²) in [4.78, 5) is 6.87. The van der Waals surface area contributed by atoms with E-state index in [0.29, 0.717) is 18.1 Å². The van der Waals surface area contributed by atoms with Gasteiger partial charge in [-0.3, -0.25) is 4.99 Å². The maximum Gasteiger partial charge on any atom is 0.191 e. The van der Waals surface area contributed by atoms with E-state index in [4.69, 9.17) is 4.74 Å². The molecular formula is C18H34N4OS. The highest BCUT2D eigenvalue weighted by atomic mass is 32.2. The molecule has 0 amide bonds. The zero-order valence-electron chi connectivity index (χ0n) is 15.9. The second kappa shape index (κ2) is 7.04. The molecule has 0 spiro atoms. The second-order valence-corrected chi connectivity index (χ2v) is 9.49. The van der Waals surface area contributed by atoms with Crippen LogP contribution in [-0.2, 0) is 4.74 Å². The van der Waals surface area contributed by atoms with Gasteiger partial charge in [0.2, 0.25) is 0 Å². The molecular weight excluding hydrogens is 320 g/mol. The average Bonchev–Trinajstić information content (AvgIpc) is 3.05. The Kier molecular flexibility index (Phi) is 5.38. The topological polar surface area (TPSA) is 48.9 Å². The molecule has 3 aliphatic rings. The zero-order chi connectivity index (χ0) is 17.4. The molecule has 24 heavy (non-hydrogen) atoms. The van der Waals surface area contributed by atoms with E-state index in [1.165, 1.54) is 30.8 Å². The molecule has 0 aromatic heterocycles. The third-order valence-corrected chi connectivity index (χ3v) is 7.70. The van der Waals surface area contributed by atoms with E-state index < -0.39 is 0 Å². The van der Waals surface area contributed by atoms with Gasteiger partial charge in [-0.2, -0.15) is 11.8 Å². The number of guanidine groups is 1. The van der Waals surface area contributed by atoms with Gasteiger partial charge in [0.1, 0.15) is 0 Å². The minimum atomic E-state index is 0.172. The molecule has 4 unspecified atom stereocenters. The Bertz CT molecular complexity index is 474. The molecule has 2 heterocycles. The molecule has 0 aromatic rings. The van der Waals surface area contributed by atoms with Crippen LogP contribution in [0.4, 0.5) is 0 Å². The standard InChI is InChI=1S/C18H34N4OS/c1-17(2)14(13-7-6-9-23-15(13)17)21-16(19-3)20-11-18(22(4)5)8-10-24-12-18/h13-15H,6-12H2,1-5H3,(H2,19,20,21). The van der Waals surface area contributed by atoms with Crippen LogP contribution in [0.3, 0.4) is 0 Å². The van der Waals surface area contributed by atoms with Crippen molar-refractivity contribution in [1.29, 1.82) is 0 Å². The molecule has 1 saturated carbocycles. The Balaban J connectivity index is 1.59. The van der Waals surface area contributed by atoms with E-state index in [9.17, 15) is 0 Å². The number of rotatable bonds is 4. The van der Waals surface area contributed by atoms with Crippen molar-refractivity contribution in [3.8, 4) is 0 Å². The van der Waals surface area contributed by atoms with Gasteiger partial charge < -0.3 is 20.3 Å². The molecule has 2 saturated heterocycles. The minimum absolute atomic E-state index is 0.172. The molecule has 4 atom stereocenters. The summed E-state index contributed by atoms with van der Waals surface area (Å²) >= 11 is 2.05. The molecule has 2 aliphatic heterocycles. The van der Waals surface area contributed by atoms with Gasteiger partial charge in [0, 0.05) is 48.9 Å². The van der Waals surface area contributed by atoms with Crippen LogP contribution in [0.2, 0.25) is 0 Å². The smallest absolute Gasteiger partial charge is 0.191 e. The number of ether oxygens (including phenoxy) is 1. The van der Waals surface area contributed by atoms with Crippen molar-refractivity contribution in [3.05, 3.63) is 0 Å². The lowest BCUT2D eigenvalue weighted by Gasteiger charge is -2.60. The molecule has 0 aromatic carbocycles. The summed E-state index contributed by atoms with van der Waals surface area (Å²) in [6.07, 6.45) is 4.09. The molecule has 1 aliphatic carbocycles. The molecule has 0 bridgehead atoms. The van der Waals surface area contributed by atoms with Crippen LogP contribution in [0.5, 0.6) is 0 Å². The summed E-state index contributed by atoms with van der Waals surface area (Å²) in [5, 5.41) is 7.32. The van der Waals surface area contributed by atoms with E-state index in [1.807, 2.05) is 7.05 Å². The number of nitrogens with zero attached hydrogens (tertiary/aromatic N) is 2. The molecule has 2 N–H and O–H groups in total. The summed E-state index contributed by atoms with van der Waals surface area (Å²) in [6, 6.07) is 0.447. The highest BCUT2D eigenvalue weighted by Gasteiger charge is 2.58. The van der Waals surface area contributed by atoms with E-state index in [2.05, 4.69) is 60.2 Å². The number of thioether (sulfide) groups is 1. The molecule has 3 rings (SSSR count). The monoisotopic (exact) mass is 354 g/mol. The normalized spacial score (nSPS) is 38.6. The Morgan fingerprint density at radius 3 is 2.79 bits per heavy atom. The Hall–Kier alpha value is -0.460. The third kappa shape index (κ3) is 3.17. The lowest BCUT2D eigenvalue weighted by atomic mass is 9.55. The largest absolute Gasteiger partial charge is 0.377 e. The lowest BCUT2D eigenvalue weighted by molar-refractivity contribution is -0.188. The van der Waals surface area contributed by atoms with Gasteiger partial charge in [-0.25, -0.2) is 0 Å². The maximum absolute atomic E-state index is 6.02. The first-order valence-electron chi connectivity index (χ1n) is 9.25. The number of nitrogens with one attached hydrogen (secondary N) is 2. The fraction of sp³-hybridized carbons (Fsp3) is 0.944. The number of fused-ring (bicyclic) bond motifs is 1. The van der Waals surface area contributed by atoms with E-state index in [0.717, 1.165) is 19.1 Å². The van der Waals surface area contributed by atoms with Crippen LogP contribution in [0.1, 0.15) is 33.1 Å². The molecule has 6 heteroatoms. The third-order valence-electron chi connectivity index (χ3n) is 6.46. The van der Waals surface area contributed by atoms with Crippen LogP contribution < -0.4 is 10.6 Å². The van der Waals surface area contributed by atoms with Crippen molar-refractivity contribution in [1.82, 2.24) is 15.5 Å². The van der Waals surface area contributed by atoms with Crippen molar-refractivity contribution in [2.24, 2.45) is 16.3 Å². The Labute approximate surface area is 151 Å². The number of hydrogen-bond acceptors (Lipinski definition) is 4. The summed E-state index contributed by atoms with van der Waals surface area (Å²) in [5.41, 5.74) is 0.416. The van der Waals surface area contributed by atoms with Gasteiger partial charge in [0.15, 0.2) is 5.96 Å². The van der Waals surface area contributed by atoms with Gasteiger partial charge in [0.05, 0.1) is 6.10 Å². The van der Waals surface area contributed by atoms with Crippen molar-refractivity contribution in [2.75, 3.05) is 45.8 Å². The first-order chi connectivity index (χ1) is 11.4. The van der Waals surface area contributed by atoms with Crippen LogP contribution in [0.15, 0.2) is 4.99 Å². The average molecular weight is 355 g/mol. The van der Waals surface area contributed by atoms with Gasteiger partial charge >= 0.3 is 0 Å². The van der Waals surface area contributed by atoms with Crippen LogP contribution in [0, 0.1) is 11.3 Å². The second-order valence-electron chi connectivity index (χ2n) is 8.39. The number of likely N-dealkylation sites (N-methyl/N-ethyl adjacent to an activating group) is 1. The van der Waals surface area contributed by atoms with Crippen LogP contribution >= 0.6 is 11.8 Å². The summed E-state index contributed by atoms with van der Waals surface area (Å²) in [5.74, 6) is 4.01. The quantitative estimate of drug-likeness (QED) is 0.595. The van der Waals surface area contributed by atoms with Crippen LogP contribution in [0.25, 0.3) is 0 Å². The summed E-state index contributed by atoms with van der Waals surface area (Å²) in [6.45, 7) is 6.51. The summed E-state index contributed by atoms with van der Waals surface area (Å²) < 4.78 is 6.02. The number of hydrogen-bond donors (Lipinski definition) is 2. The molecule has 138 valence electrons. The van der Waals surface area contributed by atoms with Gasteiger partial charge in [-0.1, -0.05) is 13.8 Å². The Morgan fingerprint density at radius 1 is 1.38 bits per heavy atom. The van der Waals surface area contributed by atoms with Crippen LogP contribution in [-0.4, -0.2) is 74.3 Å². The van der Waals surface area contributed by atoms with Gasteiger partial charge in [-0.15, -0.1) is 0 Å². The first kappa shape index (κ1) is 18.3. The van der Waals surface area contributed by atoms with E-state index in [1.54, 1.807) is 0 Å². The summed E-state index contributed by atoms with van der Waals surface area (Å²) in [7, 11) is 6.27. The fourth-order valence-corrected chi connectivity index (χ4v) is 6.21. The van der Waals surface area contributed by atoms with Crippen molar-refractivity contribution in [3.63, 3.8) is 0 Å². The van der Waals surface area contributed by atoms with Gasteiger partial charge in [0.25, 0.3) is 0 Å². The minimum Gasteiger partial charge on any atom is -0.377 e. The molecule has 0 radical (unpaired) electrons. The molecule has 3 fully saturated rings. The highest BCUT2D eigenvalue weighted by Crippen LogP contribution is 2.51. The SMILES string of the molecule is CN=C(NCC1(N(C)C)CCSC1)NC1C2CCCOC2C1(C)C. The lowest BCUT2D eigenvalue weighted by Crippen LogP contribution is -2.71. The first-order valence-corrected chi connectivity index (χ1v) is 10.4. The van der Waals surface area contributed by atoms with Gasteiger partial charge in [-0.05, 0) is 39.1 Å². The maximum atomic E-state index is 6.02.